The van der Waals surface area contributed by atoms with Gasteiger partial charge in [0.15, 0.2) is 5.82 Å². The highest BCUT2D eigenvalue weighted by Gasteiger charge is 2.24. The lowest BCUT2D eigenvalue weighted by molar-refractivity contribution is 1.15. The van der Waals surface area contributed by atoms with Crippen molar-refractivity contribution in [1.82, 2.24) is 14.5 Å². The van der Waals surface area contributed by atoms with Crippen molar-refractivity contribution >= 4 is 21.8 Å². The maximum absolute atomic E-state index is 10.6. The molecule has 0 saturated carbocycles. The van der Waals surface area contributed by atoms with Gasteiger partial charge in [0.25, 0.3) is 0 Å². The molecule has 0 aliphatic carbocycles. The first kappa shape index (κ1) is 30.0. The van der Waals surface area contributed by atoms with Gasteiger partial charge in [-0.3, -0.25) is 0 Å². The number of nitriles is 1. The van der Waals surface area contributed by atoms with Crippen LogP contribution in [0.15, 0.2) is 182 Å². The van der Waals surface area contributed by atoms with Gasteiger partial charge in [-0.25, -0.2) is 9.97 Å². The van der Waals surface area contributed by atoms with Crippen LogP contribution in [0.4, 0.5) is 0 Å². The lowest BCUT2D eigenvalue weighted by Gasteiger charge is -2.20. The Labute approximate surface area is 296 Å². The van der Waals surface area contributed by atoms with Gasteiger partial charge < -0.3 is 4.57 Å². The van der Waals surface area contributed by atoms with Crippen molar-refractivity contribution in [2.45, 2.75) is 0 Å². The van der Waals surface area contributed by atoms with Gasteiger partial charge in [-0.2, -0.15) is 5.26 Å². The summed E-state index contributed by atoms with van der Waals surface area (Å²) in [5, 5.41) is 13.0. The van der Waals surface area contributed by atoms with Crippen LogP contribution in [0.25, 0.3) is 83.6 Å². The first-order valence-corrected chi connectivity index (χ1v) is 17.0. The quantitative estimate of drug-likeness (QED) is 0.180. The number of benzene rings is 7. The van der Waals surface area contributed by atoms with Gasteiger partial charge in [-0.1, -0.05) is 158 Å². The van der Waals surface area contributed by atoms with Crippen molar-refractivity contribution in [3.8, 4) is 67.9 Å². The van der Waals surface area contributed by atoms with Gasteiger partial charge in [0, 0.05) is 38.7 Å². The van der Waals surface area contributed by atoms with E-state index in [4.69, 9.17) is 9.97 Å². The third kappa shape index (κ3) is 5.25. The second-order valence-electron chi connectivity index (χ2n) is 12.5. The van der Waals surface area contributed by atoms with Crippen molar-refractivity contribution in [2.24, 2.45) is 0 Å². The molecule has 2 aromatic heterocycles. The summed E-state index contributed by atoms with van der Waals surface area (Å²) in [7, 11) is 0. The largest absolute Gasteiger partial charge is 0.309 e. The third-order valence-corrected chi connectivity index (χ3v) is 9.46. The van der Waals surface area contributed by atoms with E-state index < -0.39 is 0 Å². The molecule has 0 spiro atoms. The normalized spacial score (nSPS) is 11.1. The van der Waals surface area contributed by atoms with E-state index in [9.17, 15) is 5.26 Å². The zero-order chi connectivity index (χ0) is 34.1. The molecule has 51 heavy (non-hydrogen) atoms. The van der Waals surface area contributed by atoms with Crippen LogP contribution in [0.5, 0.6) is 0 Å². The molecule has 9 aromatic rings. The SMILES string of the molecule is N#Cc1c(-c2ccccc2)nc(-c2cc(-n3c4ccccc4c4ccccc43)cc(-c3ccccc3)c2-c2ccccc2)nc1-c1ccccc1. The minimum absolute atomic E-state index is 0.444. The molecule has 2 heterocycles. The average Bonchev–Trinajstić information content (AvgIpc) is 3.55. The Balaban J connectivity index is 1.45. The van der Waals surface area contributed by atoms with Crippen LogP contribution in [-0.2, 0) is 0 Å². The molecule has 0 saturated heterocycles. The number of rotatable bonds is 6. The fourth-order valence-electron chi connectivity index (χ4n) is 7.19. The third-order valence-electron chi connectivity index (χ3n) is 9.46. The van der Waals surface area contributed by atoms with Crippen LogP contribution in [0.3, 0.4) is 0 Å². The zero-order valence-electron chi connectivity index (χ0n) is 27.6. The molecule has 0 radical (unpaired) electrons. The molecule has 0 bridgehead atoms. The number of fused-ring (bicyclic) bond motifs is 3. The summed E-state index contributed by atoms with van der Waals surface area (Å²) < 4.78 is 2.34. The van der Waals surface area contributed by atoms with Crippen LogP contribution in [0, 0.1) is 11.3 Å². The Morgan fingerprint density at radius 2 is 0.843 bits per heavy atom. The molecular weight excluding hydrogens is 621 g/mol. The summed E-state index contributed by atoms with van der Waals surface area (Å²) in [4.78, 5) is 10.6. The fourth-order valence-corrected chi connectivity index (χ4v) is 7.19. The van der Waals surface area contributed by atoms with Gasteiger partial charge in [0.1, 0.15) is 11.6 Å². The predicted molar refractivity (Wildman–Crippen MR) is 208 cm³/mol. The van der Waals surface area contributed by atoms with Crippen LogP contribution in [0.2, 0.25) is 0 Å². The van der Waals surface area contributed by atoms with Crippen molar-refractivity contribution in [3.63, 3.8) is 0 Å². The number of aromatic nitrogens is 3. The predicted octanol–water partition coefficient (Wildman–Crippen LogP) is 11.8. The van der Waals surface area contributed by atoms with E-state index in [2.05, 4.69) is 120 Å². The van der Waals surface area contributed by atoms with Crippen molar-refractivity contribution in [3.05, 3.63) is 188 Å². The molecule has 0 fully saturated rings. The van der Waals surface area contributed by atoms with Gasteiger partial charge in [0.05, 0.1) is 22.4 Å². The zero-order valence-corrected chi connectivity index (χ0v) is 27.6. The maximum atomic E-state index is 10.6. The minimum Gasteiger partial charge on any atom is -0.309 e. The van der Waals surface area contributed by atoms with Gasteiger partial charge in [-0.15, -0.1) is 0 Å². The Morgan fingerprint density at radius 1 is 0.431 bits per heavy atom. The van der Waals surface area contributed by atoms with E-state index in [-0.39, 0.29) is 0 Å². The number of nitrogens with zero attached hydrogens (tertiary/aromatic N) is 4. The lowest BCUT2D eigenvalue weighted by Crippen LogP contribution is -2.04. The second-order valence-corrected chi connectivity index (χ2v) is 12.5. The highest BCUT2D eigenvalue weighted by atomic mass is 15.0. The number of para-hydroxylation sites is 2. The number of hydrogen-bond donors (Lipinski definition) is 0. The van der Waals surface area contributed by atoms with E-state index >= 15 is 0 Å². The summed E-state index contributed by atoms with van der Waals surface area (Å²) in [6.45, 7) is 0. The molecule has 4 heteroatoms. The molecule has 4 nitrogen and oxygen atoms in total. The summed E-state index contributed by atoms with van der Waals surface area (Å²) in [5.74, 6) is 0.547. The van der Waals surface area contributed by atoms with Crippen molar-refractivity contribution in [2.75, 3.05) is 0 Å². The van der Waals surface area contributed by atoms with Crippen molar-refractivity contribution < 1.29 is 0 Å². The first-order chi connectivity index (χ1) is 25.3. The smallest absolute Gasteiger partial charge is 0.161 e. The van der Waals surface area contributed by atoms with Crippen LogP contribution in [-0.4, -0.2) is 14.5 Å². The second kappa shape index (κ2) is 12.7. The average molecular weight is 651 g/mol. The Bertz CT molecular complexity index is 2610. The molecule has 0 aliphatic heterocycles. The monoisotopic (exact) mass is 650 g/mol. The number of hydrogen-bond acceptors (Lipinski definition) is 3. The van der Waals surface area contributed by atoms with E-state index in [0.29, 0.717) is 22.8 Å². The molecule has 0 amide bonds. The molecule has 0 aliphatic rings. The van der Waals surface area contributed by atoms with Crippen LogP contribution in [0.1, 0.15) is 5.56 Å². The van der Waals surface area contributed by atoms with Gasteiger partial charge in [-0.05, 0) is 41.0 Å². The molecule has 0 unspecified atom stereocenters. The highest BCUT2D eigenvalue weighted by molar-refractivity contribution is 6.09. The Morgan fingerprint density at radius 3 is 1.33 bits per heavy atom. The Kier molecular flexibility index (Phi) is 7.50. The van der Waals surface area contributed by atoms with Crippen LogP contribution < -0.4 is 0 Å². The van der Waals surface area contributed by atoms with Gasteiger partial charge in [0.2, 0.25) is 0 Å². The molecule has 0 atom stereocenters. The van der Waals surface area contributed by atoms with Crippen LogP contribution >= 0.6 is 0 Å². The standard InChI is InChI=1S/C47H30N4/c48-31-41-45(34-21-9-3-10-22-34)49-47(50-46(41)35-23-11-4-12-24-35)40-30-36(51-42-27-15-13-25-37(42)38-26-14-16-28-43(38)51)29-39(32-17-5-1-6-18-32)44(40)33-19-7-2-8-20-33/h1-30H. The van der Waals surface area contributed by atoms with Crippen molar-refractivity contribution in [1.29, 1.82) is 5.26 Å². The van der Waals surface area contributed by atoms with E-state index in [0.717, 1.165) is 55.7 Å². The van der Waals surface area contributed by atoms with Gasteiger partial charge >= 0.3 is 0 Å². The summed E-state index contributed by atoms with van der Waals surface area (Å²) in [6, 6.07) is 65.0. The summed E-state index contributed by atoms with van der Waals surface area (Å²) >= 11 is 0. The highest BCUT2D eigenvalue weighted by Crippen LogP contribution is 2.44. The molecule has 9 rings (SSSR count). The fraction of sp³-hybridized carbons (Fsp3) is 0. The molecule has 238 valence electrons. The molecular formula is C47H30N4. The summed E-state index contributed by atoms with van der Waals surface area (Å²) in [5.41, 5.74) is 11.7. The topological polar surface area (TPSA) is 54.5 Å². The summed E-state index contributed by atoms with van der Waals surface area (Å²) in [6.07, 6.45) is 0. The van der Waals surface area contributed by atoms with E-state index in [1.54, 1.807) is 0 Å². The molecule has 7 aromatic carbocycles. The maximum Gasteiger partial charge on any atom is 0.161 e. The molecule has 0 N–H and O–H groups in total. The lowest BCUT2D eigenvalue weighted by atomic mass is 9.89. The Hall–Kier alpha value is -7.09. The van der Waals surface area contributed by atoms with E-state index in [1.807, 2.05) is 72.8 Å². The van der Waals surface area contributed by atoms with E-state index in [1.165, 1.54) is 10.8 Å². The first-order valence-electron chi connectivity index (χ1n) is 17.0. The minimum atomic E-state index is 0.444.